The summed E-state index contributed by atoms with van der Waals surface area (Å²) in [5.41, 5.74) is -1.53. The summed E-state index contributed by atoms with van der Waals surface area (Å²) in [7, 11) is 0. The number of allylic oxidation sites excluding steroid dienone is 1. The number of halogens is 3. The van der Waals surface area contributed by atoms with E-state index in [9.17, 15) is 28.3 Å². The first kappa shape index (κ1) is 21.3. The Hall–Kier alpha value is -2.99. The van der Waals surface area contributed by atoms with Crippen molar-refractivity contribution in [2.75, 3.05) is 6.61 Å². The smallest absolute Gasteiger partial charge is 0.417 e. The van der Waals surface area contributed by atoms with Crippen LogP contribution in [-0.4, -0.2) is 22.7 Å². The van der Waals surface area contributed by atoms with Gasteiger partial charge in [-0.15, -0.1) is 0 Å². The van der Waals surface area contributed by atoms with Crippen molar-refractivity contribution in [3.63, 3.8) is 0 Å². The number of carbonyl (C=O) groups is 1. The zero-order chi connectivity index (χ0) is 20.9. The van der Waals surface area contributed by atoms with Crippen molar-refractivity contribution in [1.82, 2.24) is 4.98 Å². The van der Waals surface area contributed by atoms with E-state index in [1.807, 2.05) is 0 Å². The number of pyridine rings is 1. The van der Waals surface area contributed by atoms with E-state index in [1.54, 1.807) is 37.3 Å². The number of nitrogens with zero attached hydrogens (tertiary/aromatic N) is 2. The van der Waals surface area contributed by atoms with Gasteiger partial charge in [0.2, 0.25) is 0 Å². The Morgan fingerprint density at radius 3 is 2.46 bits per heavy atom. The molecule has 0 aliphatic rings. The Labute approximate surface area is 163 Å². The second-order valence-corrected chi connectivity index (χ2v) is 6.45. The number of thioether (sulfide) groups is 1. The van der Waals surface area contributed by atoms with Gasteiger partial charge in [0.15, 0.2) is 0 Å². The average Bonchev–Trinajstić information content (AvgIpc) is 2.65. The summed E-state index contributed by atoms with van der Waals surface area (Å²) in [4.78, 5) is 15.8. The molecule has 0 spiro atoms. The number of aliphatic hydroxyl groups excluding tert-OH is 1. The van der Waals surface area contributed by atoms with Crippen LogP contribution in [0, 0.1) is 11.3 Å². The van der Waals surface area contributed by atoms with Crippen molar-refractivity contribution in [1.29, 1.82) is 5.26 Å². The molecule has 146 valence electrons. The number of esters is 1. The minimum atomic E-state index is -4.81. The van der Waals surface area contributed by atoms with Crippen molar-refractivity contribution >= 4 is 17.7 Å². The molecule has 0 aliphatic carbocycles. The third-order valence-electron chi connectivity index (χ3n) is 3.46. The molecule has 0 aliphatic heterocycles. The lowest BCUT2D eigenvalue weighted by atomic mass is 10.1. The van der Waals surface area contributed by atoms with Gasteiger partial charge in [-0.2, -0.15) is 18.4 Å². The second-order valence-electron chi connectivity index (χ2n) is 5.45. The summed E-state index contributed by atoms with van der Waals surface area (Å²) < 4.78 is 45.4. The lowest BCUT2D eigenvalue weighted by Gasteiger charge is -2.15. The van der Waals surface area contributed by atoms with E-state index in [2.05, 4.69) is 4.98 Å². The number of alkyl halides is 3. The van der Waals surface area contributed by atoms with Gasteiger partial charge in [-0.05, 0) is 19.9 Å². The van der Waals surface area contributed by atoms with Gasteiger partial charge in [-0.3, -0.25) is 0 Å². The molecule has 0 saturated carbocycles. The molecular weight excluding hydrogens is 393 g/mol. The monoisotopic (exact) mass is 408 g/mol. The summed E-state index contributed by atoms with van der Waals surface area (Å²) in [6, 6.07) is 10.4. The Morgan fingerprint density at radius 2 is 1.96 bits per heavy atom. The highest BCUT2D eigenvalue weighted by atomic mass is 32.2. The molecular formula is C19H15F3N2O3S. The number of nitriles is 1. The molecule has 2 rings (SSSR count). The molecule has 1 aromatic heterocycles. The summed E-state index contributed by atoms with van der Waals surface area (Å²) in [5, 5.41) is 18.7. The molecule has 0 radical (unpaired) electrons. The van der Waals surface area contributed by atoms with Gasteiger partial charge >= 0.3 is 12.1 Å². The number of aromatic nitrogens is 1. The van der Waals surface area contributed by atoms with Gasteiger partial charge in [0.25, 0.3) is 0 Å². The van der Waals surface area contributed by atoms with Crippen molar-refractivity contribution in [2.45, 2.75) is 25.0 Å². The zero-order valence-corrected chi connectivity index (χ0v) is 15.7. The van der Waals surface area contributed by atoms with Crippen molar-refractivity contribution < 1.29 is 27.8 Å². The Bertz CT molecular complexity index is 947. The largest absolute Gasteiger partial charge is 0.511 e. The van der Waals surface area contributed by atoms with Crippen LogP contribution in [0.15, 0.2) is 52.1 Å². The van der Waals surface area contributed by atoms with E-state index in [4.69, 9.17) is 4.74 Å². The molecule has 28 heavy (non-hydrogen) atoms. The van der Waals surface area contributed by atoms with E-state index >= 15 is 0 Å². The molecule has 2 aromatic rings. The second kappa shape index (κ2) is 8.80. The number of benzene rings is 1. The standard InChI is InChI=1S/C19H15F3N2O3S/c1-3-27-18(26)16(11(2)25)28-17-13(10-23)14(19(20,21)22)9-15(24-17)12-7-5-4-6-8-12/h4-9,25H,3H2,1-2H3/b16-11+. The predicted molar refractivity (Wildman–Crippen MR) is 97.2 cm³/mol. The number of rotatable bonds is 5. The molecule has 1 N–H and O–H groups in total. The van der Waals surface area contributed by atoms with E-state index in [0.717, 1.165) is 6.07 Å². The SMILES string of the molecule is CCOC(=O)/C(Sc1nc(-c2ccccc2)cc(C(F)(F)F)c1C#N)=C(/C)O. The van der Waals surface area contributed by atoms with Crippen molar-refractivity contribution in [3.8, 4) is 17.3 Å². The number of hydrogen-bond donors (Lipinski definition) is 1. The van der Waals surface area contributed by atoms with Gasteiger partial charge in [0.05, 0.1) is 23.4 Å². The first-order valence-corrected chi connectivity index (χ1v) is 8.83. The fourth-order valence-corrected chi connectivity index (χ4v) is 3.13. The van der Waals surface area contributed by atoms with E-state index in [1.165, 1.54) is 13.0 Å². The lowest BCUT2D eigenvalue weighted by Crippen LogP contribution is -2.12. The third kappa shape index (κ3) is 4.84. The fraction of sp³-hybridized carbons (Fsp3) is 0.211. The summed E-state index contributed by atoms with van der Waals surface area (Å²) in [5.74, 6) is -1.37. The summed E-state index contributed by atoms with van der Waals surface area (Å²) in [6.07, 6.45) is -4.81. The van der Waals surface area contributed by atoms with Crippen LogP contribution in [0.3, 0.4) is 0 Å². The molecule has 0 fully saturated rings. The van der Waals surface area contributed by atoms with Crippen LogP contribution < -0.4 is 0 Å². The molecule has 1 aromatic carbocycles. The van der Waals surface area contributed by atoms with Crippen molar-refractivity contribution in [3.05, 3.63) is 58.2 Å². The number of carbonyl (C=O) groups excluding carboxylic acids is 1. The maximum absolute atomic E-state index is 13.5. The normalized spacial score (nSPS) is 12.1. The predicted octanol–water partition coefficient (Wildman–Crippen LogP) is 5.08. The van der Waals surface area contributed by atoms with Crippen LogP contribution in [0.5, 0.6) is 0 Å². The van der Waals surface area contributed by atoms with Gasteiger partial charge in [-0.1, -0.05) is 42.1 Å². The molecule has 9 heteroatoms. The van der Waals surface area contributed by atoms with E-state index < -0.39 is 29.0 Å². The van der Waals surface area contributed by atoms with Gasteiger partial charge in [-0.25, -0.2) is 9.78 Å². The molecule has 0 amide bonds. The third-order valence-corrected chi connectivity index (χ3v) is 4.62. The Balaban J connectivity index is 2.70. The van der Waals surface area contributed by atoms with Crippen LogP contribution in [0.25, 0.3) is 11.3 Å². The molecule has 5 nitrogen and oxygen atoms in total. The van der Waals surface area contributed by atoms with Gasteiger partial charge in [0.1, 0.15) is 21.8 Å². The topological polar surface area (TPSA) is 83.2 Å². The van der Waals surface area contributed by atoms with Gasteiger partial charge in [0, 0.05) is 5.56 Å². The first-order chi connectivity index (χ1) is 13.2. The van der Waals surface area contributed by atoms with Crippen molar-refractivity contribution in [2.24, 2.45) is 0 Å². The maximum atomic E-state index is 13.5. The minimum Gasteiger partial charge on any atom is -0.511 e. The van der Waals surface area contributed by atoms with Crippen LogP contribution in [0.2, 0.25) is 0 Å². The van der Waals surface area contributed by atoms with E-state index in [0.29, 0.717) is 17.3 Å². The number of hydrogen-bond acceptors (Lipinski definition) is 6. The highest BCUT2D eigenvalue weighted by Gasteiger charge is 2.36. The van der Waals surface area contributed by atoms with Gasteiger partial charge < -0.3 is 9.84 Å². The summed E-state index contributed by atoms with van der Waals surface area (Å²) in [6.45, 7) is 2.74. The molecule has 0 unspecified atom stereocenters. The molecule has 0 saturated heterocycles. The van der Waals surface area contributed by atoms with Crippen LogP contribution in [0.1, 0.15) is 25.0 Å². The quantitative estimate of drug-likeness (QED) is 0.321. The van der Waals surface area contributed by atoms with E-state index in [-0.39, 0.29) is 22.2 Å². The number of aliphatic hydroxyl groups is 1. The molecule has 1 heterocycles. The first-order valence-electron chi connectivity index (χ1n) is 8.01. The summed E-state index contributed by atoms with van der Waals surface area (Å²) >= 11 is 0.457. The lowest BCUT2D eigenvalue weighted by molar-refractivity contribution is -0.138. The highest BCUT2D eigenvalue weighted by molar-refractivity contribution is 8.04. The fourth-order valence-electron chi connectivity index (χ4n) is 2.24. The molecule has 0 bridgehead atoms. The average molecular weight is 408 g/mol. The highest BCUT2D eigenvalue weighted by Crippen LogP contribution is 2.40. The Morgan fingerprint density at radius 1 is 1.32 bits per heavy atom. The minimum absolute atomic E-state index is 0.00651. The maximum Gasteiger partial charge on any atom is 0.417 e. The van der Waals surface area contributed by atoms with Crippen LogP contribution in [-0.2, 0) is 15.7 Å². The molecule has 0 atom stereocenters. The van der Waals surface area contributed by atoms with Crippen LogP contribution in [0.4, 0.5) is 13.2 Å². The van der Waals surface area contributed by atoms with Crippen LogP contribution >= 0.6 is 11.8 Å². The Kier molecular flexibility index (Phi) is 6.70. The zero-order valence-electron chi connectivity index (χ0n) is 14.9. The number of ether oxygens (including phenoxy) is 1.